The van der Waals surface area contributed by atoms with Gasteiger partial charge in [0.05, 0.1) is 11.9 Å². The first kappa shape index (κ1) is 12.2. The molecule has 0 aliphatic carbocycles. The Morgan fingerprint density at radius 2 is 2.28 bits per heavy atom. The number of rotatable bonds is 5. The number of carbonyl (C=O) groups is 1. The average Bonchev–Trinajstić information content (AvgIpc) is 2.88. The van der Waals surface area contributed by atoms with E-state index in [9.17, 15) is 4.79 Å². The van der Waals surface area contributed by atoms with E-state index in [0.29, 0.717) is 12.2 Å². The molecule has 2 aromatic rings. The van der Waals surface area contributed by atoms with Gasteiger partial charge in [0.15, 0.2) is 0 Å². The van der Waals surface area contributed by atoms with Crippen molar-refractivity contribution in [3.05, 3.63) is 36.4 Å². The Labute approximate surface area is 104 Å². The zero-order valence-electron chi connectivity index (χ0n) is 10.1. The smallest absolute Gasteiger partial charge is 0.271 e. The molecule has 0 unspecified atom stereocenters. The first-order valence-electron chi connectivity index (χ1n) is 5.65. The molecule has 0 spiro atoms. The predicted octanol–water partition coefficient (Wildman–Crippen LogP) is 0.197. The maximum absolute atomic E-state index is 11.7. The number of carbonyl (C=O) groups excluding carboxylic acids is 1. The van der Waals surface area contributed by atoms with Crippen LogP contribution in [0, 0.1) is 6.92 Å². The highest BCUT2D eigenvalue weighted by atomic mass is 16.1. The van der Waals surface area contributed by atoms with Crippen LogP contribution in [-0.4, -0.2) is 37.2 Å². The summed E-state index contributed by atoms with van der Waals surface area (Å²) in [5, 5.41) is 6.75. The molecule has 1 amide bonds. The Morgan fingerprint density at radius 1 is 1.39 bits per heavy atom. The second kappa shape index (κ2) is 5.85. The van der Waals surface area contributed by atoms with Crippen LogP contribution in [0.15, 0.2) is 25.0 Å². The third kappa shape index (κ3) is 3.34. The summed E-state index contributed by atoms with van der Waals surface area (Å²) >= 11 is 0. The summed E-state index contributed by atoms with van der Waals surface area (Å²) in [5.41, 5.74) is 1.12. The Balaban J connectivity index is 1.73. The number of aryl methyl sites for hydroxylation is 2. The first-order valence-corrected chi connectivity index (χ1v) is 5.65. The maximum Gasteiger partial charge on any atom is 0.271 e. The molecule has 0 saturated carbocycles. The number of hydrogen-bond donors (Lipinski definition) is 1. The van der Waals surface area contributed by atoms with Crippen LogP contribution in [0.25, 0.3) is 0 Å². The fraction of sp³-hybridized carbons (Fsp3) is 0.364. The summed E-state index contributed by atoms with van der Waals surface area (Å²) in [6.45, 7) is 3.11. The van der Waals surface area contributed by atoms with Gasteiger partial charge in [-0.15, -0.1) is 0 Å². The molecule has 0 radical (unpaired) electrons. The summed E-state index contributed by atoms with van der Waals surface area (Å²) in [4.78, 5) is 23.5. The van der Waals surface area contributed by atoms with E-state index in [1.165, 1.54) is 12.5 Å². The fourth-order valence-electron chi connectivity index (χ4n) is 1.39. The molecule has 2 heterocycles. The Bertz CT molecular complexity index is 493. The van der Waals surface area contributed by atoms with Crippen molar-refractivity contribution < 1.29 is 4.79 Å². The van der Waals surface area contributed by atoms with Crippen LogP contribution in [0.2, 0.25) is 0 Å². The second-order valence-corrected chi connectivity index (χ2v) is 3.81. The van der Waals surface area contributed by atoms with Gasteiger partial charge >= 0.3 is 0 Å². The van der Waals surface area contributed by atoms with Crippen LogP contribution in [0.1, 0.15) is 22.6 Å². The summed E-state index contributed by atoms with van der Waals surface area (Å²) in [6, 6.07) is 0. The molecular formula is C11H14N6O. The van der Waals surface area contributed by atoms with E-state index >= 15 is 0 Å². The van der Waals surface area contributed by atoms with Crippen LogP contribution in [0.3, 0.4) is 0 Å². The van der Waals surface area contributed by atoms with Crippen molar-refractivity contribution in [3.63, 3.8) is 0 Å². The topological polar surface area (TPSA) is 85.6 Å². The van der Waals surface area contributed by atoms with Gasteiger partial charge in [-0.1, -0.05) is 0 Å². The van der Waals surface area contributed by atoms with Crippen LogP contribution >= 0.6 is 0 Å². The van der Waals surface area contributed by atoms with E-state index in [-0.39, 0.29) is 5.91 Å². The monoisotopic (exact) mass is 246 g/mol. The van der Waals surface area contributed by atoms with E-state index in [0.717, 1.165) is 18.7 Å². The van der Waals surface area contributed by atoms with E-state index in [1.807, 2.05) is 6.92 Å². The lowest BCUT2D eigenvalue weighted by Crippen LogP contribution is -2.26. The first-order chi connectivity index (χ1) is 8.75. The van der Waals surface area contributed by atoms with Gasteiger partial charge in [-0.3, -0.25) is 14.5 Å². The zero-order valence-corrected chi connectivity index (χ0v) is 10.1. The van der Waals surface area contributed by atoms with E-state index in [2.05, 4.69) is 25.4 Å². The summed E-state index contributed by atoms with van der Waals surface area (Å²) < 4.78 is 1.72. The Hall–Kier alpha value is -2.31. The van der Waals surface area contributed by atoms with Crippen molar-refractivity contribution in [2.24, 2.45) is 0 Å². The largest absolute Gasteiger partial charge is 0.351 e. The highest BCUT2D eigenvalue weighted by Gasteiger charge is 2.06. The molecule has 94 valence electrons. The molecule has 18 heavy (non-hydrogen) atoms. The lowest BCUT2D eigenvalue weighted by molar-refractivity contribution is 0.0947. The van der Waals surface area contributed by atoms with Crippen LogP contribution in [-0.2, 0) is 6.54 Å². The lowest BCUT2D eigenvalue weighted by Gasteiger charge is -2.04. The van der Waals surface area contributed by atoms with Gasteiger partial charge in [-0.05, 0) is 13.3 Å². The minimum atomic E-state index is -0.207. The highest BCUT2D eigenvalue weighted by Crippen LogP contribution is 1.94. The van der Waals surface area contributed by atoms with Gasteiger partial charge in [0, 0.05) is 19.3 Å². The van der Waals surface area contributed by atoms with Crippen molar-refractivity contribution in [2.75, 3.05) is 6.54 Å². The van der Waals surface area contributed by atoms with Gasteiger partial charge in [0.1, 0.15) is 18.3 Å². The Kier molecular flexibility index (Phi) is 3.95. The fourth-order valence-corrected chi connectivity index (χ4v) is 1.39. The van der Waals surface area contributed by atoms with Crippen molar-refractivity contribution in [2.45, 2.75) is 19.9 Å². The standard InChI is InChI=1S/C11H14N6O/c1-9-5-15-10(6-14-9)11(18)13-3-2-4-17-8-12-7-16-17/h5-8H,2-4H2,1H3,(H,13,18). The van der Waals surface area contributed by atoms with Crippen molar-refractivity contribution in [1.29, 1.82) is 0 Å². The molecular weight excluding hydrogens is 232 g/mol. The third-order valence-corrected chi connectivity index (χ3v) is 2.33. The zero-order chi connectivity index (χ0) is 12.8. The number of nitrogens with zero attached hydrogens (tertiary/aromatic N) is 5. The molecule has 0 aliphatic rings. The molecule has 0 bridgehead atoms. The molecule has 0 aromatic carbocycles. The molecule has 7 heteroatoms. The highest BCUT2D eigenvalue weighted by molar-refractivity contribution is 5.91. The molecule has 0 atom stereocenters. The second-order valence-electron chi connectivity index (χ2n) is 3.81. The van der Waals surface area contributed by atoms with Gasteiger partial charge in [-0.25, -0.2) is 9.97 Å². The minimum absolute atomic E-state index is 0.207. The number of aromatic nitrogens is 5. The Morgan fingerprint density at radius 3 is 2.94 bits per heavy atom. The molecule has 2 aromatic heterocycles. The van der Waals surface area contributed by atoms with Crippen molar-refractivity contribution in [3.8, 4) is 0 Å². The normalized spacial score (nSPS) is 10.3. The minimum Gasteiger partial charge on any atom is -0.351 e. The van der Waals surface area contributed by atoms with Gasteiger partial charge < -0.3 is 5.32 Å². The van der Waals surface area contributed by atoms with Crippen molar-refractivity contribution in [1.82, 2.24) is 30.0 Å². The lowest BCUT2D eigenvalue weighted by atomic mass is 10.3. The molecule has 0 aliphatic heterocycles. The molecule has 2 rings (SSSR count). The SMILES string of the molecule is Cc1cnc(C(=O)NCCCn2cncn2)cn1. The molecule has 0 fully saturated rings. The van der Waals surface area contributed by atoms with Crippen molar-refractivity contribution >= 4 is 5.91 Å². The molecule has 7 nitrogen and oxygen atoms in total. The molecule has 0 saturated heterocycles. The summed E-state index contributed by atoms with van der Waals surface area (Å²) in [7, 11) is 0. The quantitative estimate of drug-likeness (QED) is 0.761. The van der Waals surface area contributed by atoms with Crippen LogP contribution < -0.4 is 5.32 Å². The van der Waals surface area contributed by atoms with E-state index in [4.69, 9.17) is 0 Å². The molecule has 1 N–H and O–H groups in total. The summed E-state index contributed by atoms with van der Waals surface area (Å²) in [6.07, 6.45) is 6.97. The summed E-state index contributed by atoms with van der Waals surface area (Å²) in [5.74, 6) is -0.207. The number of amides is 1. The predicted molar refractivity (Wildman–Crippen MR) is 63.7 cm³/mol. The average molecular weight is 246 g/mol. The van der Waals surface area contributed by atoms with E-state index in [1.54, 1.807) is 17.2 Å². The maximum atomic E-state index is 11.7. The van der Waals surface area contributed by atoms with Crippen LogP contribution in [0.4, 0.5) is 0 Å². The number of hydrogen-bond acceptors (Lipinski definition) is 5. The van der Waals surface area contributed by atoms with Crippen LogP contribution in [0.5, 0.6) is 0 Å². The van der Waals surface area contributed by atoms with Gasteiger partial charge in [0.25, 0.3) is 5.91 Å². The van der Waals surface area contributed by atoms with E-state index < -0.39 is 0 Å². The van der Waals surface area contributed by atoms with Gasteiger partial charge in [0.2, 0.25) is 0 Å². The van der Waals surface area contributed by atoms with Gasteiger partial charge in [-0.2, -0.15) is 5.10 Å². The number of nitrogens with one attached hydrogen (secondary N) is 1. The third-order valence-electron chi connectivity index (χ3n) is 2.33.